The van der Waals surface area contributed by atoms with Crippen LogP contribution in [-0.2, 0) is 0 Å². The van der Waals surface area contributed by atoms with Crippen LogP contribution in [0.4, 0.5) is 0 Å². The van der Waals surface area contributed by atoms with Gasteiger partial charge >= 0.3 is 0 Å². The third-order valence-electron chi connectivity index (χ3n) is 3.58. The Morgan fingerprint density at radius 1 is 1.25 bits per heavy atom. The topological polar surface area (TPSA) is 0 Å². The molecule has 1 aliphatic rings. The number of rotatable bonds is 5. The second kappa shape index (κ2) is 4.30. The second-order valence-corrected chi connectivity index (χ2v) is 5.10. The summed E-state index contributed by atoms with van der Waals surface area (Å²) in [6.07, 6.45) is 10.2. The lowest BCUT2D eigenvalue weighted by Gasteiger charge is -2.39. The van der Waals surface area contributed by atoms with Gasteiger partial charge in [0.2, 0.25) is 0 Å². The molecule has 1 unspecified atom stereocenters. The fourth-order valence-corrected chi connectivity index (χ4v) is 2.26. The second-order valence-electron chi connectivity index (χ2n) is 5.10. The van der Waals surface area contributed by atoms with E-state index in [4.69, 9.17) is 0 Å². The Bertz CT molecular complexity index is 122. The van der Waals surface area contributed by atoms with Crippen LogP contribution in [0.1, 0.15) is 65.7 Å². The van der Waals surface area contributed by atoms with E-state index in [0.717, 1.165) is 11.3 Å². The van der Waals surface area contributed by atoms with Crippen molar-refractivity contribution in [1.82, 2.24) is 0 Å². The van der Waals surface area contributed by atoms with Crippen molar-refractivity contribution in [1.29, 1.82) is 0 Å². The van der Waals surface area contributed by atoms with E-state index in [0.29, 0.717) is 0 Å². The Labute approximate surface area is 77.7 Å². The maximum Gasteiger partial charge on any atom is -0.0326 e. The van der Waals surface area contributed by atoms with Crippen LogP contribution in [0.2, 0.25) is 0 Å². The van der Waals surface area contributed by atoms with E-state index in [1.54, 1.807) is 0 Å². The zero-order valence-corrected chi connectivity index (χ0v) is 9.03. The van der Waals surface area contributed by atoms with E-state index in [1.165, 1.54) is 44.9 Å². The van der Waals surface area contributed by atoms with Crippen LogP contribution in [0.25, 0.3) is 0 Å². The van der Waals surface area contributed by atoms with Gasteiger partial charge in [-0.2, -0.15) is 0 Å². The lowest BCUT2D eigenvalue weighted by atomic mass is 9.67. The normalized spacial score (nSPS) is 23.2. The first-order chi connectivity index (χ1) is 5.66. The molecule has 0 saturated heterocycles. The smallest absolute Gasteiger partial charge is 0.0326 e. The zero-order valence-electron chi connectivity index (χ0n) is 9.03. The predicted molar refractivity (Wildman–Crippen MR) is 55.3 cm³/mol. The monoisotopic (exact) mass is 168 g/mol. The van der Waals surface area contributed by atoms with Gasteiger partial charge in [-0.15, -0.1) is 0 Å². The molecular weight excluding hydrogens is 144 g/mol. The van der Waals surface area contributed by atoms with Crippen LogP contribution in [0, 0.1) is 11.3 Å². The van der Waals surface area contributed by atoms with Crippen LogP contribution in [-0.4, -0.2) is 0 Å². The zero-order chi connectivity index (χ0) is 9.03. The van der Waals surface area contributed by atoms with E-state index >= 15 is 0 Å². The summed E-state index contributed by atoms with van der Waals surface area (Å²) in [7, 11) is 0. The van der Waals surface area contributed by atoms with Gasteiger partial charge in [0, 0.05) is 0 Å². The van der Waals surface area contributed by atoms with E-state index in [-0.39, 0.29) is 0 Å². The van der Waals surface area contributed by atoms with Crippen molar-refractivity contribution < 1.29 is 0 Å². The van der Waals surface area contributed by atoms with Gasteiger partial charge in [0.05, 0.1) is 0 Å². The summed E-state index contributed by atoms with van der Waals surface area (Å²) in [5, 5.41) is 0. The molecule has 0 radical (unpaired) electrons. The minimum atomic E-state index is 0.752. The Hall–Kier alpha value is 0. The highest BCUT2D eigenvalue weighted by atomic mass is 14.4. The minimum absolute atomic E-state index is 0.752. The van der Waals surface area contributed by atoms with Crippen LogP contribution < -0.4 is 0 Å². The summed E-state index contributed by atoms with van der Waals surface area (Å²) in [6.45, 7) is 7.17. The fraction of sp³-hybridized carbons (Fsp3) is 1.00. The molecule has 0 spiro atoms. The highest BCUT2D eigenvalue weighted by molar-refractivity contribution is 4.83. The molecule has 0 aromatic carbocycles. The predicted octanol–water partition coefficient (Wildman–Crippen LogP) is 4.39. The molecule has 0 aromatic heterocycles. The highest BCUT2D eigenvalue weighted by Gasteiger charge is 2.31. The molecule has 0 heterocycles. The van der Waals surface area contributed by atoms with Crippen LogP contribution in [0.3, 0.4) is 0 Å². The lowest BCUT2D eigenvalue weighted by Crippen LogP contribution is -2.25. The Morgan fingerprint density at radius 2 is 1.92 bits per heavy atom. The maximum atomic E-state index is 2.47. The molecule has 1 rings (SSSR count). The number of hydrogen-bond acceptors (Lipinski definition) is 0. The van der Waals surface area contributed by atoms with Crippen molar-refractivity contribution >= 4 is 0 Å². The Morgan fingerprint density at radius 3 is 2.33 bits per heavy atom. The molecule has 0 N–H and O–H groups in total. The fourth-order valence-electron chi connectivity index (χ4n) is 2.26. The van der Waals surface area contributed by atoms with Crippen molar-refractivity contribution in [2.24, 2.45) is 11.3 Å². The largest absolute Gasteiger partial charge is 0.0654 e. The molecule has 0 aliphatic heterocycles. The first-order valence-electron chi connectivity index (χ1n) is 5.66. The van der Waals surface area contributed by atoms with Gasteiger partial charge < -0.3 is 0 Å². The molecule has 0 bridgehead atoms. The van der Waals surface area contributed by atoms with Crippen molar-refractivity contribution in [3.63, 3.8) is 0 Å². The lowest BCUT2D eigenvalue weighted by molar-refractivity contribution is 0.134. The summed E-state index contributed by atoms with van der Waals surface area (Å²) >= 11 is 0. The van der Waals surface area contributed by atoms with Crippen LogP contribution in [0.15, 0.2) is 0 Å². The summed E-state index contributed by atoms with van der Waals surface area (Å²) in [6, 6.07) is 0. The maximum absolute atomic E-state index is 2.47. The molecule has 1 saturated carbocycles. The van der Waals surface area contributed by atoms with Gasteiger partial charge in [-0.1, -0.05) is 46.5 Å². The van der Waals surface area contributed by atoms with Gasteiger partial charge in [-0.05, 0) is 30.6 Å². The average molecular weight is 168 g/mol. The van der Waals surface area contributed by atoms with E-state index in [2.05, 4.69) is 20.8 Å². The first kappa shape index (κ1) is 10.1. The van der Waals surface area contributed by atoms with Crippen molar-refractivity contribution in [2.75, 3.05) is 0 Å². The van der Waals surface area contributed by atoms with Gasteiger partial charge in [0.25, 0.3) is 0 Å². The van der Waals surface area contributed by atoms with Gasteiger partial charge in [-0.25, -0.2) is 0 Å². The summed E-state index contributed by atoms with van der Waals surface area (Å²) in [5.74, 6) is 0.965. The third kappa shape index (κ3) is 2.80. The van der Waals surface area contributed by atoms with Gasteiger partial charge in [-0.3, -0.25) is 0 Å². The van der Waals surface area contributed by atoms with E-state index < -0.39 is 0 Å². The molecule has 0 amide bonds. The quantitative estimate of drug-likeness (QED) is 0.571. The summed E-state index contributed by atoms with van der Waals surface area (Å²) in [5.41, 5.74) is 0.752. The standard InChI is InChI=1S/C12H24/c1-4-6-11(2)7-10-12(3)8-5-9-12/h11H,4-10H2,1-3H3. The third-order valence-corrected chi connectivity index (χ3v) is 3.58. The molecule has 0 nitrogen and oxygen atoms in total. The van der Waals surface area contributed by atoms with Crippen LogP contribution >= 0.6 is 0 Å². The van der Waals surface area contributed by atoms with E-state index in [9.17, 15) is 0 Å². The molecule has 1 aliphatic carbocycles. The van der Waals surface area contributed by atoms with Gasteiger partial charge in [0.1, 0.15) is 0 Å². The summed E-state index contributed by atoms with van der Waals surface area (Å²) < 4.78 is 0. The molecule has 1 atom stereocenters. The molecule has 1 fully saturated rings. The highest BCUT2D eigenvalue weighted by Crippen LogP contribution is 2.44. The minimum Gasteiger partial charge on any atom is -0.0654 e. The first-order valence-corrected chi connectivity index (χ1v) is 5.66. The van der Waals surface area contributed by atoms with Crippen LogP contribution in [0.5, 0.6) is 0 Å². The van der Waals surface area contributed by atoms with Crippen molar-refractivity contribution in [2.45, 2.75) is 65.7 Å². The van der Waals surface area contributed by atoms with Crippen molar-refractivity contribution in [3.05, 3.63) is 0 Å². The Kier molecular flexibility index (Phi) is 3.61. The SMILES string of the molecule is CCCC(C)CCC1(C)CCC1. The molecule has 0 aromatic rings. The summed E-state index contributed by atoms with van der Waals surface area (Å²) in [4.78, 5) is 0. The Balaban J connectivity index is 2.07. The van der Waals surface area contributed by atoms with Gasteiger partial charge in [0.15, 0.2) is 0 Å². The van der Waals surface area contributed by atoms with E-state index in [1.807, 2.05) is 0 Å². The average Bonchev–Trinajstić information content (AvgIpc) is 1.98. The van der Waals surface area contributed by atoms with Crippen molar-refractivity contribution in [3.8, 4) is 0 Å². The molecule has 12 heavy (non-hydrogen) atoms. The molecule has 72 valence electrons. The molecule has 0 heteroatoms. The molecular formula is C12H24. The number of hydrogen-bond donors (Lipinski definition) is 0.